The third-order valence-corrected chi connectivity index (χ3v) is 5.10. The molecule has 0 aromatic heterocycles. The molecule has 1 N–H and O–H groups in total. The molecule has 1 aliphatic rings. The van der Waals surface area contributed by atoms with Gasteiger partial charge in [-0.15, -0.1) is 0 Å². The Bertz CT molecular complexity index is 853. The number of hydrogen-bond donors (Lipinski definition) is 1. The van der Waals surface area contributed by atoms with Gasteiger partial charge in [-0.1, -0.05) is 0 Å². The number of hydrogen-bond acceptors (Lipinski definition) is 6. The average Bonchev–Trinajstić information content (AvgIpc) is 2.79. The second kappa shape index (κ2) is 10.0. The first-order chi connectivity index (χ1) is 14.5. The van der Waals surface area contributed by atoms with Gasteiger partial charge in [0.15, 0.2) is 6.10 Å². The first kappa shape index (κ1) is 21.5. The molecule has 0 bridgehead atoms. The van der Waals surface area contributed by atoms with E-state index in [2.05, 4.69) is 10.2 Å². The first-order valence-corrected chi connectivity index (χ1v) is 10.1. The highest BCUT2D eigenvalue weighted by molar-refractivity contribution is 5.97. The Kier molecular flexibility index (Phi) is 7.17. The van der Waals surface area contributed by atoms with Gasteiger partial charge in [0.2, 0.25) is 0 Å². The number of nitrogens with zero attached hydrogens (tertiary/aromatic N) is 1. The molecule has 7 nitrogen and oxygen atoms in total. The first-order valence-electron chi connectivity index (χ1n) is 10.1. The Morgan fingerprint density at radius 2 is 1.53 bits per heavy atom. The number of carbonyl (C=O) groups excluding carboxylic acids is 2. The van der Waals surface area contributed by atoms with Crippen molar-refractivity contribution in [3.8, 4) is 11.5 Å². The molecule has 2 aromatic carbocycles. The van der Waals surface area contributed by atoms with E-state index in [4.69, 9.17) is 14.2 Å². The van der Waals surface area contributed by atoms with Gasteiger partial charge in [-0.05, 0) is 62.6 Å². The van der Waals surface area contributed by atoms with Gasteiger partial charge in [-0.2, -0.15) is 0 Å². The molecule has 0 aliphatic carbocycles. The highest BCUT2D eigenvalue weighted by atomic mass is 16.5. The minimum absolute atomic E-state index is 0.247. The summed E-state index contributed by atoms with van der Waals surface area (Å²) in [5, 5.41) is 2.79. The monoisotopic (exact) mass is 412 g/mol. The van der Waals surface area contributed by atoms with Crippen LogP contribution in [-0.2, 0) is 9.53 Å². The number of ether oxygens (including phenoxy) is 3. The molecule has 1 amide bonds. The standard InChI is InChI=1S/C23H28N2O5/c1-16(30-23(27)17-13-20(28-2)15-21(14-17)29-3)22(26)24-18-7-9-19(10-8-18)25-11-5-4-6-12-25/h7-10,13-16H,4-6,11-12H2,1-3H3,(H,24,26)/t16-/m0/s1. The van der Waals surface area contributed by atoms with Crippen molar-refractivity contribution in [2.24, 2.45) is 0 Å². The number of piperidine rings is 1. The van der Waals surface area contributed by atoms with Gasteiger partial charge in [-0.25, -0.2) is 4.79 Å². The predicted molar refractivity (Wildman–Crippen MR) is 116 cm³/mol. The van der Waals surface area contributed by atoms with Gasteiger partial charge < -0.3 is 24.4 Å². The van der Waals surface area contributed by atoms with Gasteiger partial charge in [0.1, 0.15) is 11.5 Å². The van der Waals surface area contributed by atoms with Crippen molar-refractivity contribution in [3.63, 3.8) is 0 Å². The van der Waals surface area contributed by atoms with Crippen LogP contribution in [0, 0.1) is 0 Å². The summed E-state index contributed by atoms with van der Waals surface area (Å²) in [7, 11) is 2.99. The summed E-state index contributed by atoms with van der Waals surface area (Å²) < 4.78 is 15.6. The summed E-state index contributed by atoms with van der Waals surface area (Å²) in [5.74, 6) is -0.0985. The molecule has 1 fully saturated rings. The molecule has 1 aliphatic heterocycles. The molecule has 1 atom stereocenters. The number of rotatable bonds is 7. The van der Waals surface area contributed by atoms with E-state index in [1.807, 2.05) is 24.3 Å². The van der Waals surface area contributed by atoms with E-state index in [1.54, 1.807) is 6.07 Å². The molecule has 0 unspecified atom stereocenters. The molecular weight excluding hydrogens is 384 g/mol. The van der Waals surface area contributed by atoms with Crippen molar-refractivity contribution in [2.75, 3.05) is 37.5 Å². The summed E-state index contributed by atoms with van der Waals surface area (Å²) >= 11 is 0. The predicted octanol–water partition coefficient (Wildman–Crippen LogP) is 3.88. The third-order valence-electron chi connectivity index (χ3n) is 5.10. The number of amides is 1. The second-order valence-corrected chi connectivity index (χ2v) is 7.23. The van der Waals surface area contributed by atoms with Crippen LogP contribution >= 0.6 is 0 Å². The van der Waals surface area contributed by atoms with Crippen LogP contribution in [-0.4, -0.2) is 45.3 Å². The topological polar surface area (TPSA) is 77.1 Å². The van der Waals surface area contributed by atoms with Crippen molar-refractivity contribution in [1.29, 1.82) is 0 Å². The largest absolute Gasteiger partial charge is 0.497 e. The Hall–Kier alpha value is -3.22. The lowest BCUT2D eigenvalue weighted by Gasteiger charge is -2.28. The lowest BCUT2D eigenvalue weighted by molar-refractivity contribution is -0.123. The second-order valence-electron chi connectivity index (χ2n) is 7.23. The van der Waals surface area contributed by atoms with Crippen LogP contribution in [0.15, 0.2) is 42.5 Å². The van der Waals surface area contributed by atoms with Crippen LogP contribution in [0.5, 0.6) is 11.5 Å². The van der Waals surface area contributed by atoms with Crippen molar-refractivity contribution >= 4 is 23.3 Å². The minimum Gasteiger partial charge on any atom is -0.497 e. The molecule has 30 heavy (non-hydrogen) atoms. The summed E-state index contributed by atoms with van der Waals surface area (Å²) in [6, 6.07) is 12.5. The van der Waals surface area contributed by atoms with Crippen LogP contribution in [0.1, 0.15) is 36.5 Å². The molecule has 7 heteroatoms. The summed E-state index contributed by atoms with van der Waals surface area (Å²) in [6.07, 6.45) is 2.74. The average molecular weight is 412 g/mol. The van der Waals surface area contributed by atoms with Crippen molar-refractivity contribution in [1.82, 2.24) is 0 Å². The molecule has 2 aromatic rings. The minimum atomic E-state index is -0.962. The van der Waals surface area contributed by atoms with Gasteiger partial charge in [0.25, 0.3) is 5.91 Å². The van der Waals surface area contributed by atoms with E-state index in [9.17, 15) is 9.59 Å². The molecule has 0 saturated carbocycles. The fourth-order valence-corrected chi connectivity index (χ4v) is 3.36. The molecule has 0 spiro atoms. The van der Waals surface area contributed by atoms with E-state index >= 15 is 0 Å². The third kappa shape index (κ3) is 5.43. The number of anilines is 2. The van der Waals surface area contributed by atoms with Crippen LogP contribution in [0.4, 0.5) is 11.4 Å². The number of benzene rings is 2. The van der Waals surface area contributed by atoms with Crippen molar-refractivity contribution in [2.45, 2.75) is 32.3 Å². The number of carbonyl (C=O) groups is 2. The Morgan fingerprint density at radius 3 is 2.10 bits per heavy atom. The Labute approximate surface area is 176 Å². The van der Waals surface area contributed by atoms with Gasteiger partial charge in [0.05, 0.1) is 19.8 Å². The van der Waals surface area contributed by atoms with Crippen LogP contribution in [0.25, 0.3) is 0 Å². The molecule has 160 valence electrons. The summed E-state index contributed by atoms with van der Waals surface area (Å²) in [6.45, 7) is 3.66. The molecule has 1 heterocycles. The smallest absolute Gasteiger partial charge is 0.339 e. The number of nitrogens with one attached hydrogen (secondary N) is 1. The van der Waals surface area contributed by atoms with Gasteiger partial charge in [0, 0.05) is 30.5 Å². The zero-order chi connectivity index (χ0) is 21.5. The summed E-state index contributed by atoms with van der Waals surface area (Å²) in [4.78, 5) is 27.3. The quantitative estimate of drug-likeness (QED) is 0.696. The van der Waals surface area contributed by atoms with E-state index in [0.717, 1.165) is 18.8 Å². The maximum absolute atomic E-state index is 12.5. The number of esters is 1. The van der Waals surface area contributed by atoms with Crippen LogP contribution < -0.4 is 19.7 Å². The van der Waals surface area contributed by atoms with E-state index < -0.39 is 18.0 Å². The van der Waals surface area contributed by atoms with E-state index in [-0.39, 0.29) is 5.56 Å². The molecule has 3 rings (SSSR count). The van der Waals surface area contributed by atoms with E-state index in [0.29, 0.717) is 17.2 Å². The highest BCUT2D eigenvalue weighted by Gasteiger charge is 2.20. The van der Waals surface area contributed by atoms with Gasteiger partial charge in [-0.3, -0.25) is 4.79 Å². The van der Waals surface area contributed by atoms with Crippen molar-refractivity contribution in [3.05, 3.63) is 48.0 Å². The van der Waals surface area contributed by atoms with E-state index in [1.165, 1.54) is 52.5 Å². The zero-order valence-corrected chi connectivity index (χ0v) is 17.6. The van der Waals surface area contributed by atoms with Crippen LogP contribution in [0.2, 0.25) is 0 Å². The lowest BCUT2D eigenvalue weighted by atomic mass is 10.1. The fraction of sp³-hybridized carbons (Fsp3) is 0.391. The Balaban J connectivity index is 1.58. The summed E-state index contributed by atoms with van der Waals surface area (Å²) in [5.41, 5.74) is 2.06. The molecule has 0 radical (unpaired) electrons. The van der Waals surface area contributed by atoms with Crippen LogP contribution in [0.3, 0.4) is 0 Å². The normalized spacial score (nSPS) is 14.6. The maximum atomic E-state index is 12.5. The Morgan fingerprint density at radius 1 is 0.933 bits per heavy atom. The van der Waals surface area contributed by atoms with Gasteiger partial charge >= 0.3 is 5.97 Å². The maximum Gasteiger partial charge on any atom is 0.339 e. The lowest BCUT2D eigenvalue weighted by Crippen LogP contribution is -2.30. The number of methoxy groups -OCH3 is 2. The zero-order valence-electron chi connectivity index (χ0n) is 17.6. The highest BCUT2D eigenvalue weighted by Crippen LogP contribution is 2.24. The van der Waals surface area contributed by atoms with Crippen molar-refractivity contribution < 1.29 is 23.8 Å². The SMILES string of the molecule is COc1cc(OC)cc(C(=O)O[C@@H](C)C(=O)Nc2ccc(N3CCCCC3)cc2)c1. The molecule has 1 saturated heterocycles. The molecular formula is C23H28N2O5. The fourth-order valence-electron chi connectivity index (χ4n) is 3.36.